The highest BCUT2D eigenvalue weighted by molar-refractivity contribution is 6.07. The highest BCUT2D eigenvalue weighted by Gasteiger charge is 2.26. The van der Waals surface area contributed by atoms with Crippen LogP contribution >= 0.6 is 0 Å². The minimum atomic E-state index is -1.09. The predicted molar refractivity (Wildman–Crippen MR) is 158 cm³/mol. The molecular weight excluding hydrogens is 578 g/mol. The average molecular weight is 610 g/mol. The Morgan fingerprint density at radius 1 is 0.773 bits per heavy atom. The summed E-state index contributed by atoms with van der Waals surface area (Å²) in [5.41, 5.74) is -1.66. The Labute approximate surface area is 252 Å². The van der Waals surface area contributed by atoms with Gasteiger partial charge in [-0.15, -0.1) is 0 Å². The minimum absolute atomic E-state index is 0.0164. The lowest BCUT2D eigenvalue weighted by molar-refractivity contribution is -0.386. The van der Waals surface area contributed by atoms with Crippen LogP contribution in [0, 0.1) is 32.1 Å². The van der Waals surface area contributed by atoms with Gasteiger partial charge in [0.05, 0.1) is 41.4 Å². The van der Waals surface area contributed by atoms with Crippen LogP contribution in [-0.4, -0.2) is 48.0 Å². The number of ether oxygens (including phenoxy) is 4. The fourth-order valence-electron chi connectivity index (χ4n) is 3.71. The average Bonchev–Trinajstić information content (AvgIpc) is 2.98. The molecule has 14 nitrogen and oxygen atoms in total. The summed E-state index contributed by atoms with van der Waals surface area (Å²) < 4.78 is 21.2. The van der Waals surface area contributed by atoms with E-state index in [1.165, 1.54) is 42.5 Å². The van der Waals surface area contributed by atoms with Crippen LogP contribution in [0.2, 0.25) is 0 Å². The topological polar surface area (TPSA) is 186 Å². The molecule has 1 amide bonds. The van der Waals surface area contributed by atoms with E-state index in [1.54, 1.807) is 0 Å². The van der Waals surface area contributed by atoms with Gasteiger partial charge in [0.1, 0.15) is 5.56 Å². The van der Waals surface area contributed by atoms with E-state index in [0.29, 0.717) is 0 Å². The Balaban J connectivity index is 1.96. The van der Waals surface area contributed by atoms with E-state index < -0.39 is 44.8 Å². The Morgan fingerprint density at radius 2 is 1.30 bits per heavy atom. The third-order valence-electron chi connectivity index (χ3n) is 5.82. The Kier molecular flexibility index (Phi) is 10.9. The molecule has 0 aliphatic carbocycles. The Bertz CT molecular complexity index is 1580. The van der Waals surface area contributed by atoms with Crippen molar-refractivity contribution in [3.05, 3.63) is 91.5 Å². The van der Waals surface area contributed by atoms with E-state index >= 15 is 0 Å². The summed E-state index contributed by atoms with van der Waals surface area (Å²) in [4.78, 5) is 60.8. The number of benzene rings is 3. The molecule has 0 bridgehead atoms. The van der Waals surface area contributed by atoms with Gasteiger partial charge < -0.3 is 24.3 Å². The van der Waals surface area contributed by atoms with Gasteiger partial charge in [0.25, 0.3) is 5.91 Å². The molecule has 3 aromatic rings. The monoisotopic (exact) mass is 609 g/mol. The number of carbonyl (C=O) groups excluding carboxylic acids is 3. The first-order chi connectivity index (χ1) is 20.8. The Morgan fingerprint density at radius 3 is 1.80 bits per heavy atom. The number of methoxy groups -OCH3 is 1. The van der Waals surface area contributed by atoms with E-state index in [9.17, 15) is 34.6 Å². The highest BCUT2D eigenvalue weighted by atomic mass is 16.6. The maximum absolute atomic E-state index is 13.2. The van der Waals surface area contributed by atoms with Crippen molar-refractivity contribution in [2.24, 2.45) is 11.8 Å². The number of carbonyl (C=O) groups is 3. The lowest BCUT2D eigenvalue weighted by Crippen LogP contribution is -2.18. The number of nitro benzene ring substituents is 2. The van der Waals surface area contributed by atoms with Crippen LogP contribution in [0.5, 0.6) is 17.2 Å². The van der Waals surface area contributed by atoms with Gasteiger partial charge in [-0.1, -0.05) is 33.8 Å². The first kappa shape index (κ1) is 33.0. The zero-order chi connectivity index (χ0) is 32.6. The molecule has 44 heavy (non-hydrogen) atoms. The second-order valence-corrected chi connectivity index (χ2v) is 10.3. The van der Waals surface area contributed by atoms with Crippen LogP contribution in [-0.2, 0) is 4.74 Å². The maximum atomic E-state index is 13.2. The van der Waals surface area contributed by atoms with Crippen molar-refractivity contribution >= 4 is 34.9 Å². The van der Waals surface area contributed by atoms with E-state index in [2.05, 4.69) is 5.32 Å². The SMILES string of the molecule is COC(=O)c1cccc(NC(=O)c2ccc(OCC(C)C)c([N+](=O)[O-])c2)c1OC(=O)c1ccc(OCC(C)C)c([N+](=O)[O-])c1. The molecule has 0 fully saturated rings. The summed E-state index contributed by atoms with van der Waals surface area (Å²) in [6.07, 6.45) is 0. The molecule has 0 unspecified atom stereocenters. The van der Waals surface area contributed by atoms with Crippen molar-refractivity contribution in [2.75, 3.05) is 25.6 Å². The number of nitro groups is 2. The van der Waals surface area contributed by atoms with Gasteiger partial charge >= 0.3 is 23.3 Å². The molecule has 0 aliphatic heterocycles. The number of hydrogen-bond donors (Lipinski definition) is 1. The van der Waals surface area contributed by atoms with Gasteiger partial charge in [0.2, 0.25) is 0 Å². The molecule has 0 saturated heterocycles. The predicted octanol–water partition coefficient (Wildman–Crippen LogP) is 5.83. The number of nitrogens with zero attached hydrogens (tertiary/aromatic N) is 2. The fraction of sp³-hybridized carbons (Fsp3) is 0.300. The van der Waals surface area contributed by atoms with Crippen molar-refractivity contribution in [3.8, 4) is 17.2 Å². The van der Waals surface area contributed by atoms with Crippen molar-refractivity contribution in [2.45, 2.75) is 27.7 Å². The molecule has 0 spiro atoms. The number of anilines is 1. The molecule has 0 atom stereocenters. The molecule has 0 aliphatic rings. The first-order valence-corrected chi connectivity index (χ1v) is 13.4. The molecule has 0 heterocycles. The summed E-state index contributed by atoms with van der Waals surface area (Å²) in [6.45, 7) is 7.91. The van der Waals surface area contributed by atoms with Crippen LogP contribution in [0.1, 0.15) is 58.8 Å². The van der Waals surface area contributed by atoms with Crippen molar-refractivity contribution < 1.29 is 43.2 Å². The second-order valence-electron chi connectivity index (χ2n) is 10.3. The van der Waals surface area contributed by atoms with Crippen LogP contribution in [0.25, 0.3) is 0 Å². The van der Waals surface area contributed by atoms with E-state index in [-0.39, 0.29) is 58.9 Å². The van der Waals surface area contributed by atoms with Gasteiger partial charge in [0, 0.05) is 17.7 Å². The smallest absolute Gasteiger partial charge is 0.343 e. The van der Waals surface area contributed by atoms with Crippen LogP contribution in [0.3, 0.4) is 0 Å². The Hall–Kier alpha value is -5.53. The molecule has 1 N–H and O–H groups in total. The van der Waals surface area contributed by atoms with E-state index in [1.807, 2.05) is 27.7 Å². The molecule has 232 valence electrons. The quantitative estimate of drug-likeness (QED) is 0.106. The normalized spacial score (nSPS) is 10.7. The lowest BCUT2D eigenvalue weighted by atomic mass is 10.1. The first-order valence-electron chi connectivity index (χ1n) is 13.4. The summed E-state index contributed by atoms with van der Waals surface area (Å²) in [6, 6.07) is 11.1. The molecule has 0 aromatic heterocycles. The van der Waals surface area contributed by atoms with Gasteiger partial charge in [-0.2, -0.15) is 0 Å². The van der Waals surface area contributed by atoms with Crippen LogP contribution in [0.4, 0.5) is 17.1 Å². The number of rotatable bonds is 13. The van der Waals surface area contributed by atoms with Crippen molar-refractivity contribution in [3.63, 3.8) is 0 Å². The van der Waals surface area contributed by atoms with E-state index in [4.69, 9.17) is 18.9 Å². The molecule has 0 radical (unpaired) electrons. The minimum Gasteiger partial charge on any atom is -0.487 e. The van der Waals surface area contributed by atoms with Gasteiger partial charge in [0.15, 0.2) is 17.2 Å². The number of nitrogens with one attached hydrogen (secondary N) is 1. The molecule has 3 rings (SSSR count). The van der Waals surface area contributed by atoms with Gasteiger partial charge in [-0.25, -0.2) is 9.59 Å². The second kappa shape index (κ2) is 14.6. The summed E-state index contributed by atoms with van der Waals surface area (Å²) in [5.74, 6) is -3.10. The molecule has 0 saturated carbocycles. The maximum Gasteiger partial charge on any atom is 0.343 e. The summed E-state index contributed by atoms with van der Waals surface area (Å²) in [7, 11) is 1.10. The highest BCUT2D eigenvalue weighted by Crippen LogP contribution is 2.34. The van der Waals surface area contributed by atoms with Crippen LogP contribution < -0.4 is 19.5 Å². The zero-order valence-electron chi connectivity index (χ0n) is 24.7. The molecule has 3 aromatic carbocycles. The molecule has 14 heteroatoms. The van der Waals surface area contributed by atoms with Gasteiger partial charge in [-0.05, 0) is 48.2 Å². The van der Waals surface area contributed by atoms with Gasteiger partial charge in [-0.3, -0.25) is 25.0 Å². The van der Waals surface area contributed by atoms with Crippen molar-refractivity contribution in [1.29, 1.82) is 0 Å². The van der Waals surface area contributed by atoms with E-state index in [0.717, 1.165) is 19.2 Å². The number of para-hydroxylation sites is 1. The zero-order valence-corrected chi connectivity index (χ0v) is 24.7. The van der Waals surface area contributed by atoms with Crippen molar-refractivity contribution in [1.82, 2.24) is 0 Å². The largest absolute Gasteiger partial charge is 0.487 e. The number of hydrogen-bond acceptors (Lipinski definition) is 11. The lowest BCUT2D eigenvalue weighted by Gasteiger charge is -2.15. The van der Waals surface area contributed by atoms with Crippen LogP contribution in [0.15, 0.2) is 54.6 Å². The standard InChI is InChI=1S/C30H31N3O11/c1-17(2)15-42-25-11-9-19(13-23(25)32(37)38)28(34)31-22-8-6-7-21(30(36)41-5)27(22)44-29(35)20-10-12-26(43-16-18(3)4)24(14-20)33(39)40/h6-14,17-18H,15-16H2,1-5H3,(H,31,34). The number of amides is 1. The third-order valence-corrected chi connectivity index (χ3v) is 5.82. The fourth-order valence-corrected chi connectivity index (χ4v) is 3.71. The summed E-state index contributed by atoms with van der Waals surface area (Å²) >= 11 is 0. The number of esters is 2. The third kappa shape index (κ3) is 8.27. The molecular formula is C30H31N3O11. The summed E-state index contributed by atoms with van der Waals surface area (Å²) in [5, 5.41) is 25.8.